The first-order valence-corrected chi connectivity index (χ1v) is 9.31. The van der Waals surface area contributed by atoms with Gasteiger partial charge < -0.3 is 9.31 Å². The predicted octanol–water partition coefficient (Wildman–Crippen LogP) is 6.09. The van der Waals surface area contributed by atoms with Crippen LogP contribution in [0.1, 0.15) is 99.3 Å². The van der Waals surface area contributed by atoms with Gasteiger partial charge in [-0.3, -0.25) is 0 Å². The summed E-state index contributed by atoms with van der Waals surface area (Å²) in [5.74, 6) is 2.16. The molecule has 0 unspecified atom stereocenters. The van der Waals surface area contributed by atoms with Gasteiger partial charge >= 0.3 is 7.12 Å². The largest absolute Gasteiger partial charge is 0.487 e. The van der Waals surface area contributed by atoms with Gasteiger partial charge in [-0.15, -0.1) is 0 Å². The quantitative estimate of drug-likeness (QED) is 0.359. The fourth-order valence-corrected chi connectivity index (χ4v) is 2.81. The maximum atomic E-state index is 6.02. The first-order valence-electron chi connectivity index (χ1n) is 9.31. The monoisotopic (exact) mass is 308 g/mol. The molecule has 0 radical (unpaired) electrons. The van der Waals surface area contributed by atoms with E-state index < -0.39 is 0 Å². The summed E-state index contributed by atoms with van der Waals surface area (Å²) >= 11 is 0. The summed E-state index contributed by atoms with van der Waals surface area (Å²) in [6.07, 6.45) is 12.1. The van der Waals surface area contributed by atoms with Crippen molar-refractivity contribution in [3.05, 3.63) is 11.5 Å². The zero-order valence-corrected chi connectivity index (χ0v) is 15.8. The molecule has 2 nitrogen and oxygen atoms in total. The van der Waals surface area contributed by atoms with Crippen LogP contribution in [0.3, 0.4) is 0 Å². The average molecular weight is 308 g/mol. The number of unbranched alkanes of at least 4 members (excludes halogenated alkanes) is 7. The molecule has 0 amide bonds. The Morgan fingerprint density at radius 3 is 1.77 bits per heavy atom. The van der Waals surface area contributed by atoms with Gasteiger partial charge in [-0.05, 0) is 47.5 Å². The van der Waals surface area contributed by atoms with Crippen molar-refractivity contribution in [2.24, 2.45) is 0 Å². The van der Waals surface area contributed by atoms with Gasteiger partial charge in [-0.25, -0.2) is 0 Å². The molecular formula is C19H37BO2. The van der Waals surface area contributed by atoms with E-state index in [4.69, 9.17) is 9.31 Å². The molecule has 0 aromatic carbocycles. The molecule has 0 saturated carbocycles. The minimum atomic E-state index is -0.229. The Kier molecular flexibility index (Phi) is 8.20. The van der Waals surface area contributed by atoms with Crippen molar-refractivity contribution in [1.29, 1.82) is 0 Å². The van der Waals surface area contributed by atoms with E-state index in [-0.39, 0.29) is 18.3 Å². The van der Waals surface area contributed by atoms with Gasteiger partial charge in [0.25, 0.3) is 0 Å². The second kappa shape index (κ2) is 9.13. The topological polar surface area (TPSA) is 18.5 Å². The highest BCUT2D eigenvalue weighted by molar-refractivity contribution is 6.51. The summed E-state index contributed by atoms with van der Waals surface area (Å²) in [4.78, 5) is 0. The van der Waals surface area contributed by atoms with Crippen molar-refractivity contribution < 1.29 is 9.31 Å². The highest BCUT2D eigenvalue weighted by Crippen LogP contribution is 2.37. The minimum Gasteiger partial charge on any atom is -0.400 e. The number of hydrogen-bond donors (Lipinski definition) is 0. The lowest BCUT2D eigenvalue weighted by Gasteiger charge is -2.32. The van der Waals surface area contributed by atoms with E-state index in [1.165, 1.54) is 63.4 Å². The summed E-state index contributed by atoms with van der Waals surface area (Å²) in [6.45, 7) is 12.9. The second-order valence-corrected chi connectivity index (χ2v) is 7.86. The molecular weight excluding hydrogens is 271 g/mol. The predicted molar refractivity (Wildman–Crippen MR) is 97.1 cm³/mol. The van der Waals surface area contributed by atoms with Crippen LogP contribution in [0.5, 0.6) is 0 Å². The third-order valence-electron chi connectivity index (χ3n) is 5.12. The second-order valence-electron chi connectivity index (χ2n) is 7.86. The van der Waals surface area contributed by atoms with E-state index in [1.54, 1.807) is 0 Å². The lowest BCUT2D eigenvalue weighted by Crippen LogP contribution is -2.41. The summed E-state index contributed by atoms with van der Waals surface area (Å²) < 4.78 is 12.0. The van der Waals surface area contributed by atoms with Crippen LogP contribution in [0.15, 0.2) is 11.5 Å². The Morgan fingerprint density at radius 2 is 1.27 bits per heavy atom. The van der Waals surface area contributed by atoms with Crippen LogP contribution >= 0.6 is 0 Å². The summed E-state index contributed by atoms with van der Waals surface area (Å²) in [7, 11) is -0.181. The number of allylic oxidation sites excluding steroid dienone is 1. The average Bonchev–Trinajstić information content (AvgIpc) is 2.60. The molecule has 1 fully saturated rings. The van der Waals surface area contributed by atoms with Crippen molar-refractivity contribution in [3.8, 4) is 0 Å². The Morgan fingerprint density at radius 1 is 0.818 bits per heavy atom. The van der Waals surface area contributed by atoms with Gasteiger partial charge in [-0.1, -0.05) is 63.4 Å². The molecule has 0 aromatic heterocycles. The van der Waals surface area contributed by atoms with Crippen molar-refractivity contribution in [1.82, 2.24) is 0 Å². The molecule has 1 saturated heterocycles. The third kappa shape index (κ3) is 6.46. The Labute approximate surface area is 139 Å². The molecule has 0 atom stereocenters. The molecule has 0 bridgehead atoms. The van der Waals surface area contributed by atoms with Gasteiger partial charge in [0.15, 0.2) is 0 Å². The molecule has 3 heteroatoms. The molecule has 128 valence electrons. The van der Waals surface area contributed by atoms with E-state index in [0.717, 1.165) is 0 Å². The molecule has 0 spiro atoms. The maximum absolute atomic E-state index is 6.02. The van der Waals surface area contributed by atoms with Crippen molar-refractivity contribution in [2.75, 3.05) is 0 Å². The molecule has 0 aliphatic carbocycles. The molecule has 0 aromatic rings. The fraction of sp³-hybridized carbons (Fsp3) is 0.895. The maximum Gasteiger partial charge on any atom is 0.487 e. The minimum absolute atomic E-state index is 0.181. The zero-order chi connectivity index (χ0) is 16.6. The molecule has 1 rings (SSSR count). The van der Waals surface area contributed by atoms with Crippen LogP contribution in [-0.4, -0.2) is 18.3 Å². The van der Waals surface area contributed by atoms with E-state index >= 15 is 0 Å². The van der Waals surface area contributed by atoms with E-state index in [1.807, 2.05) is 0 Å². The van der Waals surface area contributed by atoms with Gasteiger partial charge in [0.05, 0.1) is 11.2 Å². The van der Waals surface area contributed by atoms with Crippen LogP contribution in [0.25, 0.3) is 0 Å². The Bertz CT molecular complexity index is 331. The van der Waals surface area contributed by atoms with Gasteiger partial charge in [-0.2, -0.15) is 0 Å². The van der Waals surface area contributed by atoms with Crippen molar-refractivity contribution >= 4 is 7.12 Å². The Balaban J connectivity index is 2.17. The zero-order valence-electron chi connectivity index (χ0n) is 15.8. The van der Waals surface area contributed by atoms with Crippen molar-refractivity contribution in [2.45, 2.75) is 111 Å². The standard InChI is InChI=1S/C19H37BO2/c1-7-8-9-10-11-12-13-14-15-17(2)16-20-21-18(3,4)19(5,6)22-20/h16H,7-15H2,1-6H3/b17-16+. The number of rotatable bonds is 10. The molecule has 1 aliphatic rings. The van der Waals surface area contributed by atoms with E-state index in [2.05, 4.69) is 47.5 Å². The fourth-order valence-electron chi connectivity index (χ4n) is 2.81. The lowest BCUT2D eigenvalue weighted by atomic mass is 9.86. The summed E-state index contributed by atoms with van der Waals surface area (Å²) in [5.41, 5.74) is 0.935. The highest BCUT2D eigenvalue weighted by atomic mass is 16.7. The van der Waals surface area contributed by atoms with Crippen LogP contribution in [0.2, 0.25) is 0 Å². The van der Waals surface area contributed by atoms with Gasteiger partial charge in [0, 0.05) is 0 Å². The number of hydrogen-bond acceptors (Lipinski definition) is 2. The molecule has 0 N–H and O–H groups in total. The first-order chi connectivity index (χ1) is 10.3. The smallest absolute Gasteiger partial charge is 0.400 e. The lowest BCUT2D eigenvalue weighted by molar-refractivity contribution is 0.00578. The van der Waals surface area contributed by atoms with Gasteiger partial charge in [0.1, 0.15) is 0 Å². The summed E-state index contributed by atoms with van der Waals surface area (Å²) in [5, 5.41) is 0. The summed E-state index contributed by atoms with van der Waals surface area (Å²) in [6, 6.07) is 0. The van der Waals surface area contributed by atoms with Crippen LogP contribution in [0, 0.1) is 0 Å². The van der Waals surface area contributed by atoms with Crippen LogP contribution < -0.4 is 0 Å². The van der Waals surface area contributed by atoms with Crippen LogP contribution in [0.4, 0.5) is 0 Å². The van der Waals surface area contributed by atoms with E-state index in [9.17, 15) is 0 Å². The van der Waals surface area contributed by atoms with Crippen LogP contribution in [-0.2, 0) is 9.31 Å². The Hall–Kier alpha value is -0.275. The molecule has 1 heterocycles. The van der Waals surface area contributed by atoms with Gasteiger partial charge in [0.2, 0.25) is 0 Å². The molecule has 1 aliphatic heterocycles. The SMILES string of the molecule is CCCCCCCCCC/C(C)=C/B1OC(C)(C)C(C)(C)O1. The first kappa shape index (κ1) is 19.8. The highest BCUT2D eigenvalue weighted by Gasteiger charge is 2.50. The third-order valence-corrected chi connectivity index (χ3v) is 5.12. The normalized spacial score (nSPS) is 20.6. The van der Waals surface area contributed by atoms with Crippen molar-refractivity contribution in [3.63, 3.8) is 0 Å². The van der Waals surface area contributed by atoms with E-state index in [0.29, 0.717) is 0 Å². The molecule has 22 heavy (non-hydrogen) atoms.